The number of fused-ring (bicyclic) bond motifs is 1. The number of hydrogen-bond donors (Lipinski definition) is 0. The molecule has 1 atom stereocenters. The molecule has 7 heteroatoms. The molecular weight excluding hydrogens is 377 g/mol. The molecule has 0 aliphatic rings. The molecule has 0 saturated heterocycles. The molecule has 0 N–H and O–H groups in total. The average molecular weight is 389 g/mol. The predicted molar refractivity (Wildman–Crippen MR) is 87.5 cm³/mol. The highest BCUT2D eigenvalue weighted by Gasteiger charge is 2.17. The molecule has 0 radical (unpaired) electrons. The van der Waals surface area contributed by atoms with Crippen molar-refractivity contribution < 1.29 is 4.39 Å². The number of thiazole rings is 1. The molecule has 110 valence electrons. The summed E-state index contributed by atoms with van der Waals surface area (Å²) >= 11 is 10.8. The minimum Gasteiger partial charge on any atom is -0.326 e. The van der Waals surface area contributed by atoms with E-state index in [1.165, 1.54) is 6.07 Å². The first-order valence-electron chi connectivity index (χ1n) is 6.39. The topological polar surface area (TPSA) is 30.7 Å². The Morgan fingerprint density at radius 2 is 2.29 bits per heavy atom. The summed E-state index contributed by atoms with van der Waals surface area (Å²) in [4.78, 5) is 8.82. The third-order valence-corrected chi connectivity index (χ3v) is 5.17. The summed E-state index contributed by atoms with van der Waals surface area (Å²) in [5.41, 5.74) is 1.50. The molecule has 3 rings (SSSR count). The SMILES string of the molecule is CC(Cn1c(CCl)nc2cc(Br)c(F)cc21)c1nccs1. The molecule has 0 aliphatic heterocycles. The van der Waals surface area contributed by atoms with E-state index in [1.54, 1.807) is 23.6 Å². The van der Waals surface area contributed by atoms with Crippen LogP contribution in [0.25, 0.3) is 11.0 Å². The normalized spacial score (nSPS) is 13.0. The summed E-state index contributed by atoms with van der Waals surface area (Å²) in [6.45, 7) is 2.77. The Bertz CT molecular complexity index is 772. The smallest absolute Gasteiger partial charge is 0.139 e. The van der Waals surface area contributed by atoms with Gasteiger partial charge in [0.2, 0.25) is 0 Å². The van der Waals surface area contributed by atoms with Gasteiger partial charge in [-0.1, -0.05) is 6.92 Å². The van der Waals surface area contributed by atoms with Gasteiger partial charge < -0.3 is 4.57 Å². The molecule has 3 aromatic rings. The number of nitrogens with zero attached hydrogens (tertiary/aromatic N) is 3. The molecule has 0 saturated carbocycles. The number of imidazole rings is 1. The van der Waals surface area contributed by atoms with Crippen LogP contribution in [0.4, 0.5) is 4.39 Å². The van der Waals surface area contributed by atoms with Crippen molar-refractivity contribution in [3.63, 3.8) is 0 Å². The zero-order valence-electron chi connectivity index (χ0n) is 11.2. The summed E-state index contributed by atoms with van der Waals surface area (Å²) in [6, 6.07) is 3.18. The molecule has 3 nitrogen and oxygen atoms in total. The Kier molecular flexibility index (Phi) is 4.28. The first-order chi connectivity index (χ1) is 10.1. The van der Waals surface area contributed by atoms with Crippen LogP contribution in [0.15, 0.2) is 28.2 Å². The van der Waals surface area contributed by atoms with E-state index >= 15 is 0 Å². The molecular formula is C14H12BrClFN3S. The molecule has 1 aromatic carbocycles. The van der Waals surface area contributed by atoms with Gasteiger partial charge in [-0.15, -0.1) is 22.9 Å². The van der Waals surface area contributed by atoms with Crippen molar-refractivity contribution in [1.29, 1.82) is 0 Å². The fraction of sp³-hybridized carbons (Fsp3) is 0.286. The van der Waals surface area contributed by atoms with Crippen molar-refractivity contribution in [2.24, 2.45) is 0 Å². The van der Waals surface area contributed by atoms with Crippen LogP contribution in [-0.2, 0) is 12.4 Å². The van der Waals surface area contributed by atoms with Crippen molar-refractivity contribution in [1.82, 2.24) is 14.5 Å². The number of halogens is 3. The van der Waals surface area contributed by atoms with Crippen molar-refractivity contribution >= 4 is 49.9 Å². The van der Waals surface area contributed by atoms with Gasteiger partial charge in [-0.05, 0) is 22.0 Å². The van der Waals surface area contributed by atoms with Gasteiger partial charge in [0.25, 0.3) is 0 Å². The van der Waals surface area contributed by atoms with E-state index in [4.69, 9.17) is 11.6 Å². The summed E-state index contributed by atoms with van der Waals surface area (Å²) in [6.07, 6.45) is 1.79. The largest absolute Gasteiger partial charge is 0.326 e. The third kappa shape index (κ3) is 2.84. The van der Waals surface area contributed by atoms with Gasteiger partial charge in [0.05, 0.1) is 26.4 Å². The van der Waals surface area contributed by atoms with Gasteiger partial charge in [-0.3, -0.25) is 0 Å². The van der Waals surface area contributed by atoms with Crippen molar-refractivity contribution in [2.75, 3.05) is 0 Å². The summed E-state index contributed by atoms with van der Waals surface area (Å²) < 4.78 is 16.2. The van der Waals surface area contributed by atoms with E-state index in [0.29, 0.717) is 16.9 Å². The number of benzene rings is 1. The lowest BCUT2D eigenvalue weighted by atomic mass is 10.2. The maximum Gasteiger partial charge on any atom is 0.139 e. The monoisotopic (exact) mass is 387 g/mol. The van der Waals surface area contributed by atoms with Gasteiger partial charge in [-0.2, -0.15) is 0 Å². The number of alkyl halides is 1. The maximum atomic E-state index is 13.8. The minimum absolute atomic E-state index is 0.219. The van der Waals surface area contributed by atoms with Crippen LogP contribution >= 0.6 is 38.9 Å². The highest BCUT2D eigenvalue weighted by molar-refractivity contribution is 9.10. The molecule has 0 spiro atoms. The zero-order chi connectivity index (χ0) is 15.0. The van der Waals surface area contributed by atoms with Crippen molar-refractivity contribution in [2.45, 2.75) is 25.3 Å². The summed E-state index contributed by atoms with van der Waals surface area (Å²) in [5, 5.41) is 3.01. The number of rotatable bonds is 4. The molecule has 0 bridgehead atoms. The van der Waals surface area contributed by atoms with Crippen LogP contribution in [0.3, 0.4) is 0 Å². The quantitative estimate of drug-likeness (QED) is 0.593. The van der Waals surface area contributed by atoms with Gasteiger partial charge in [0.15, 0.2) is 0 Å². The molecule has 2 heterocycles. The Morgan fingerprint density at radius 3 is 2.95 bits per heavy atom. The van der Waals surface area contributed by atoms with Crippen LogP contribution in [-0.4, -0.2) is 14.5 Å². The van der Waals surface area contributed by atoms with Gasteiger partial charge in [-0.25, -0.2) is 14.4 Å². The van der Waals surface area contributed by atoms with E-state index in [-0.39, 0.29) is 11.7 Å². The third-order valence-electron chi connectivity index (χ3n) is 3.32. The maximum absolute atomic E-state index is 13.8. The number of hydrogen-bond acceptors (Lipinski definition) is 3. The van der Waals surface area contributed by atoms with Crippen molar-refractivity contribution in [3.05, 3.63) is 44.8 Å². The second-order valence-electron chi connectivity index (χ2n) is 4.80. The molecule has 2 aromatic heterocycles. The second kappa shape index (κ2) is 6.02. The molecule has 21 heavy (non-hydrogen) atoms. The summed E-state index contributed by atoms with van der Waals surface area (Å²) in [7, 11) is 0. The highest BCUT2D eigenvalue weighted by atomic mass is 79.9. The second-order valence-corrected chi connectivity index (χ2v) is 6.85. The Hall–Kier alpha value is -0.980. The van der Waals surface area contributed by atoms with Crippen LogP contribution in [0.5, 0.6) is 0 Å². The summed E-state index contributed by atoms with van der Waals surface area (Å²) in [5.74, 6) is 0.953. The van der Waals surface area contributed by atoms with Crippen LogP contribution < -0.4 is 0 Å². The van der Waals surface area contributed by atoms with E-state index < -0.39 is 0 Å². The fourth-order valence-corrected chi connectivity index (χ4v) is 3.53. The molecule has 0 fully saturated rings. The average Bonchev–Trinajstić information content (AvgIpc) is 3.09. The zero-order valence-corrected chi connectivity index (χ0v) is 14.3. The van der Waals surface area contributed by atoms with E-state index in [1.807, 2.05) is 9.95 Å². The highest BCUT2D eigenvalue weighted by Crippen LogP contribution is 2.28. The predicted octanol–water partition coefficient (Wildman–Crippen LogP) is 4.94. The van der Waals surface area contributed by atoms with Crippen molar-refractivity contribution in [3.8, 4) is 0 Å². The minimum atomic E-state index is -0.299. The van der Waals surface area contributed by atoms with Gasteiger partial charge in [0, 0.05) is 30.1 Å². The Labute approximate surface area is 138 Å². The lowest BCUT2D eigenvalue weighted by molar-refractivity contribution is 0.588. The first-order valence-corrected chi connectivity index (χ1v) is 8.60. The van der Waals surface area contributed by atoms with E-state index in [9.17, 15) is 4.39 Å². The standard InChI is InChI=1S/C14H12BrClFN3S/c1-8(14-18-2-3-21-14)7-20-12-5-10(17)9(15)4-11(12)19-13(20)6-16/h2-5,8H,6-7H2,1H3. The van der Waals surface area contributed by atoms with Crippen LogP contribution in [0, 0.1) is 5.82 Å². The molecule has 0 amide bonds. The van der Waals surface area contributed by atoms with Gasteiger partial charge >= 0.3 is 0 Å². The van der Waals surface area contributed by atoms with E-state index in [0.717, 1.165) is 21.9 Å². The lowest BCUT2D eigenvalue weighted by Crippen LogP contribution is -2.09. The Balaban J connectivity index is 2.05. The van der Waals surface area contributed by atoms with E-state index in [2.05, 4.69) is 32.8 Å². The Morgan fingerprint density at radius 1 is 1.48 bits per heavy atom. The van der Waals surface area contributed by atoms with Crippen LogP contribution in [0.1, 0.15) is 23.7 Å². The van der Waals surface area contributed by atoms with Crippen LogP contribution in [0.2, 0.25) is 0 Å². The molecule has 0 aliphatic carbocycles. The lowest BCUT2D eigenvalue weighted by Gasteiger charge is -2.12. The van der Waals surface area contributed by atoms with Gasteiger partial charge in [0.1, 0.15) is 11.6 Å². The first kappa shape index (κ1) is 14.9. The molecule has 1 unspecified atom stereocenters. The number of aromatic nitrogens is 3. The fourth-order valence-electron chi connectivity index (χ4n) is 2.31.